The molecule has 0 spiro atoms. The van der Waals surface area contributed by atoms with Gasteiger partial charge >= 0.3 is 6.09 Å². The Morgan fingerprint density at radius 1 is 1.10 bits per heavy atom. The third-order valence-corrected chi connectivity index (χ3v) is 6.71. The molecule has 0 aliphatic carbocycles. The number of rotatable bonds is 13. The monoisotopic (exact) mass is 596 g/mol. The number of anilines is 1. The Kier molecular flexibility index (Phi) is 12.9. The molecule has 2 aromatic carbocycles. The summed E-state index contributed by atoms with van der Waals surface area (Å²) < 4.78 is 5.38. The van der Waals surface area contributed by atoms with Crippen LogP contribution in [0.2, 0.25) is 5.02 Å². The first-order valence-corrected chi connectivity index (χ1v) is 14.4. The third-order valence-electron chi connectivity index (χ3n) is 6.40. The Morgan fingerprint density at radius 2 is 1.79 bits per heavy atom. The fourth-order valence-corrected chi connectivity index (χ4v) is 4.66. The van der Waals surface area contributed by atoms with Crippen molar-refractivity contribution >= 4 is 41.1 Å². The van der Waals surface area contributed by atoms with E-state index in [1.165, 1.54) is 4.90 Å². The molecule has 4 N–H and O–H groups in total. The molecule has 0 heterocycles. The second kappa shape index (κ2) is 15.8. The summed E-state index contributed by atoms with van der Waals surface area (Å²) in [7, 11) is 0. The van der Waals surface area contributed by atoms with E-state index in [-0.39, 0.29) is 19.4 Å². The molecule has 0 aliphatic heterocycles. The van der Waals surface area contributed by atoms with Crippen LogP contribution in [-0.4, -0.2) is 46.9 Å². The Morgan fingerprint density at radius 3 is 2.38 bits per heavy atom. The first-order valence-electron chi connectivity index (χ1n) is 14.0. The topological polar surface area (TPSA) is 131 Å². The molecule has 2 rings (SSSR count). The minimum atomic E-state index is -1.20. The zero-order chi connectivity index (χ0) is 31.4. The average molecular weight is 597 g/mol. The average Bonchev–Trinajstić information content (AvgIpc) is 2.91. The van der Waals surface area contributed by atoms with Crippen LogP contribution in [-0.2, 0) is 19.1 Å². The van der Waals surface area contributed by atoms with E-state index in [1.54, 1.807) is 70.2 Å². The molecule has 2 aromatic rings. The number of terminal acetylenes is 1. The van der Waals surface area contributed by atoms with Crippen molar-refractivity contribution in [1.82, 2.24) is 10.2 Å². The van der Waals surface area contributed by atoms with Crippen LogP contribution in [0.1, 0.15) is 82.5 Å². The number of halogens is 1. The lowest BCUT2D eigenvalue weighted by atomic mass is 9.96. The van der Waals surface area contributed by atoms with E-state index in [0.717, 1.165) is 18.4 Å². The number of nitrogens with zero attached hydrogens (tertiary/aromatic N) is 1. The zero-order valence-electron chi connectivity index (χ0n) is 25.0. The molecule has 0 fully saturated rings. The Bertz CT molecular complexity index is 1290. The molecule has 42 heavy (non-hydrogen) atoms. The first-order chi connectivity index (χ1) is 19.8. The SMILES string of the molecule is C#Cc1ccccc1C(C(=O)Nc1c(C)cccc1Cl)N(CCCCC)C(=O)C(CCC(N)=O)NC(=O)OC(C)(C)C. The number of aryl methyl sites for hydroxylation is 1. The number of hydrogen-bond acceptors (Lipinski definition) is 5. The zero-order valence-corrected chi connectivity index (χ0v) is 25.7. The fraction of sp³-hybridized carbons (Fsp3) is 0.438. The van der Waals surface area contributed by atoms with E-state index in [2.05, 4.69) is 16.6 Å². The van der Waals surface area contributed by atoms with Gasteiger partial charge in [0.1, 0.15) is 17.7 Å². The van der Waals surface area contributed by atoms with Gasteiger partial charge in [-0.1, -0.05) is 67.6 Å². The lowest BCUT2D eigenvalue weighted by molar-refractivity contribution is -0.141. The summed E-state index contributed by atoms with van der Waals surface area (Å²) in [5.41, 5.74) is 6.56. The molecule has 9 nitrogen and oxygen atoms in total. The number of ether oxygens (including phenoxy) is 1. The van der Waals surface area contributed by atoms with E-state index in [0.29, 0.717) is 28.3 Å². The Hall–Kier alpha value is -4.03. The number of unbranched alkanes of at least 4 members (excludes halogenated alkanes) is 2. The number of carbonyl (C=O) groups is 4. The molecule has 0 saturated carbocycles. The number of alkyl carbamates (subject to hydrolysis) is 1. The maximum absolute atomic E-state index is 14.3. The molecule has 0 aromatic heterocycles. The van der Waals surface area contributed by atoms with Crippen LogP contribution in [0, 0.1) is 19.3 Å². The van der Waals surface area contributed by atoms with Gasteiger partial charge in [0.25, 0.3) is 5.91 Å². The summed E-state index contributed by atoms with van der Waals surface area (Å²) in [4.78, 5) is 54.3. The van der Waals surface area contributed by atoms with Crippen molar-refractivity contribution in [2.45, 2.75) is 84.4 Å². The quantitative estimate of drug-likeness (QED) is 0.208. The molecular weight excluding hydrogens is 556 g/mol. The van der Waals surface area contributed by atoms with E-state index in [4.69, 9.17) is 28.5 Å². The number of amides is 4. The molecule has 0 radical (unpaired) electrons. The van der Waals surface area contributed by atoms with Gasteiger partial charge in [-0.05, 0) is 63.8 Å². The maximum atomic E-state index is 14.3. The van der Waals surface area contributed by atoms with Gasteiger partial charge in [-0.25, -0.2) is 4.79 Å². The highest BCUT2D eigenvalue weighted by molar-refractivity contribution is 6.34. The van der Waals surface area contributed by atoms with Crippen LogP contribution < -0.4 is 16.4 Å². The van der Waals surface area contributed by atoms with Gasteiger partial charge in [0.2, 0.25) is 11.8 Å². The fourth-order valence-electron chi connectivity index (χ4n) is 4.39. The van der Waals surface area contributed by atoms with E-state index >= 15 is 0 Å². The molecule has 226 valence electrons. The number of benzene rings is 2. The summed E-state index contributed by atoms with van der Waals surface area (Å²) in [5, 5.41) is 5.82. The van der Waals surface area contributed by atoms with Crippen LogP contribution in [0.3, 0.4) is 0 Å². The molecule has 10 heteroatoms. The van der Waals surface area contributed by atoms with E-state index < -0.39 is 41.5 Å². The van der Waals surface area contributed by atoms with Crippen LogP contribution in [0.4, 0.5) is 10.5 Å². The highest BCUT2D eigenvalue weighted by Gasteiger charge is 2.37. The predicted molar refractivity (Wildman–Crippen MR) is 165 cm³/mol. The molecular formula is C32H41ClN4O5. The summed E-state index contributed by atoms with van der Waals surface area (Å²) >= 11 is 6.43. The molecule has 2 atom stereocenters. The highest BCUT2D eigenvalue weighted by atomic mass is 35.5. The smallest absolute Gasteiger partial charge is 0.408 e. The molecule has 0 bridgehead atoms. The van der Waals surface area contributed by atoms with Gasteiger partial charge in [-0.3, -0.25) is 14.4 Å². The predicted octanol–water partition coefficient (Wildman–Crippen LogP) is 5.49. The largest absolute Gasteiger partial charge is 0.444 e. The summed E-state index contributed by atoms with van der Waals surface area (Å²) in [6.07, 6.45) is 6.93. The number of carbonyl (C=O) groups excluding carboxylic acids is 4. The molecule has 4 amide bonds. The maximum Gasteiger partial charge on any atom is 0.408 e. The second-order valence-electron chi connectivity index (χ2n) is 11.0. The third kappa shape index (κ3) is 10.1. The standard InChI is InChI=1S/C32H41ClN4O5/c1-7-9-12-20-37(30(40)25(18-19-26(34)38)35-31(41)42-32(4,5)6)28(23-16-11-10-15-22(23)8-2)29(39)36-27-21(3)14-13-17-24(27)33/h2,10-11,13-17,25,28H,7,9,12,18-20H2,1,3-6H3,(H2,34,38)(H,35,41)(H,36,39). The summed E-state index contributed by atoms with van der Waals surface area (Å²) in [6.45, 7) is 9.08. The lowest BCUT2D eigenvalue weighted by Gasteiger charge is -2.35. The van der Waals surface area contributed by atoms with E-state index in [9.17, 15) is 19.2 Å². The van der Waals surface area contributed by atoms with Crippen LogP contribution >= 0.6 is 11.6 Å². The molecule has 0 saturated heterocycles. The van der Waals surface area contributed by atoms with Crippen molar-refractivity contribution in [3.8, 4) is 12.3 Å². The summed E-state index contributed by atoms with van der Waals surface area (Å²) in [5.74, 6) is 0.850. The van der Waals surface area contributed by atoms with E-state index in [1.807, 2.05) is 6.92 Å². The van der Waals surface area contributed by atoms with Gasteiger partial charge < -0.3 is 26.0 Å². The number of primary amides is 1. The number of hydrogen-bond donors (Lipinski definition) is 3. The Labute approximate surface area is 253 Å². The number of nitrogens with one attached hydrogen (secondary N) is 2. The van der Waals surface area contributed by atoms with Crippen LogP contribution in [0.25, 0.3) is 0 Å². The van der Waals surface area contributed by atoms with Gasteiger partial charge in [0.15, 0.2) is 0 Å². The van der Waals surface area contributed by atoms with Crippen LogP contribution in [0.5, 0.6) is 0 Å². The molecule has 2 unspecified atom stereocenters. The lowest BCUT2D eigenvalue weighted by Crippen LogP contribution is -2.53. The number of para-hydroxylation sites is 1. The second-order valence-corrected chi connectivity index (χ2v) is 11.4. The normalized spacial score (nSPS) is 12.4. The van der Waals surface area contributed by atoms with Crippen molar-refractivity contribution in [2.24, 2.45) is 5.73 Å². The minimum Gasteiger partial charge on any atom is -0.444 e. The summed E-state index contributed by atoms with van der Waals surface area (Å²) in [6, 6.07) is 9.70. The van der Waals surface area contributed by atoms with Gasteiger partial charge in [0.05, 0.1) is 10.7 Å². The first kappa shape index (κ1) is 34.2. The van der Waals surface area contributed by atoms with Gasteiger partial charge in [0, 0.05) is 18.5 Å². The van der Waals surface area contributed by atoms with Crippen molar-refractivity contribution in [3.05, 3.63) is 64.2 Å². The van der Waals surface area contributed by atoms with Gasteiger partial charge in [-0.2, -0.15) is 0 Å². The minimum absolute atomic E-state index is 0.0908. The molecule has 0 aliphatic rings. The highest BCUT2D eigenvalue weighted by Crippen LogP contribution is 2.31. The van der Waals surface area contributed by atoms with Crippen molar-refractivity contribution in [1.29, 1.82) is 0 Å². The Balaban J connectivity index is 2.65. The van der Waals surface area contributed by atoms with Crippen molar-refractivity contribution < 1.29 is 23.9 Å². The van der Waals surface area contributed by atoms with Gasteiger partial charge in [-0.15, -0.1) is 6.42 Å². The number of nitrogens with two attached hydrogens (primary N) is 1. The van der Waals surface area contributed by atoms with Crippen molar-refractivity contribution in [3.63, 3.8) is 0 Å². The van der Waals surface area contributed by atoms with Crippen molar-refractivity contribution in [2.75, 3.05) is 11.9 Å². The van der Waals surface area contributed by atoms with Crippen LogP contribution in [0.15, 0.2) is 42.5 Å².